The Kier molecular flexibility index (Phi) is 4.55. The number of hydrogen-bond acceptors (Lipinski definition) is 3. The van der Waals surface area contributed by atoms with Crippen LogP contribution in [0.3, 0.4) is 0 Å². The fourth-order valence-corrected chi connectivity index (χ4v) is 2.77. The first-order chi connectivity index (χ1) is 9.82. The van der Waals surface area contributed by atoms with Gasteiger partial charge in [-0.15, -0.1) is 0 Å². The largest absolute Gasteiger partial charge is 0.416 e. The van der Waals surface area contributed by atoms with E-state index in [9.17, 15) is 18.4 Å². The van der Waals surface area contributed by atoms with Gasteiger partial charge in [-0.05, 0) is 25.5 Å². The van der Waals surface area contributed by atoms with Crippen LogP contribution in [0.15, 0.2) is 24.3 Å². The van der Waals surface area contributed by atoms with Crippen LogP contribution in [-0.2, 0) is 10.9 Å². The van der Waals surface area contributed by atoms with Crippen LogP contribution in [0.1, 0.15) is 31.0 Å². The molecule has 0 N–H and O–H groups in total. The second-order valence-corrected chi connectivity index (χ2v) is 5.33. The number of morpholine rings is 1. The second-order valence-electron chi connectivity index (χ2n) is 5.33. The molecular formula is C15H17F3N2O. The first-order valence-electron chi connectivity index (χ1n) is 6.78. The summed E-state index contributed by atoms with van der Waals surface area (Å²) >= 11 is 0. The lowest BCUT2D eigenvalue weighted by molar-refractivity contribution is -0.139. The number of ether oxygens (including phenoxy) is 1. The molecule has 6 heteroatoms. The van der Waals surface area contributed by atoms with Crippen LogP contribution in [0, 0.1) is 11.3 Å². The lowest BCUT2D eigenvalue weighted by Crippen LogP contribution is -2.46. The molecule has 21 heavy (non-hydrogen) atoms. The Hall–Kier alpha value is -1.58. The zero-order valence-electron chi connectivity index (χ0n) is 11.9. The van der Waals surface area contributed by atoms with Crippen molar-refractivity contribution >= 4 is 0 Å². The maximum atomic E-state index is 13.1. The molecule has 3 unspecified atom stereocenters. The Balaban J connectivity index is 2.37. The van der Waals surface area contributed by atoms with E-state index in [0.717, 1.165) is 6.07 Å². The molecule has 1 aliphatic rings. The average molecular weight is 298 g/mol. The highest BCUT2D eigenvalue weighted by molar-refractivity contribution is 5.35. The van der Waals surface area contributed by atoms with Gasteiger partial charge in [-0.2, -0.15) is 18.4 Å². The fourth-order valence-electron chi connectivity index (χ4n) is 2.77. The van der Waals surface area contributed by atoms with Crippen LogP contribution in [0.4, 0.5) is 13.2 Å². The molecule has 2 rings (SSSR count). The van der Waals surface area contributed by atoms with Crippen molar-refractivity contribution in [3.8, 4) is 6.07 Å². The summed E-state index contributed by atoms with van der Waals surface area (Å²) in [5.74, 6) is 0. The summed E-state index contributed by atoms with van der Waals surface area (Å²) in [6, 6.07) is 6.36. The maximum absolute atomic E-state index is 13.1. The molecule has 0 bridgehead atoms. The maximum Gasteiger partial charge on any atom is 0.416 e. The van der Waals surface area contributed by atoms with E-state index in [2.05, 4.69) is 0 Å². The number of nitriles is 1. The van der Waals surface area contributed by atoms with Gasteiger partial charge in [0.25, 0.3) is 0 Å². The van der Waals surface area contributed by atoms with E-state index >= 15 is 0 Å². The quantitative estimate of drug-likeness (QED) is 0.840. The molecule has 0 spiro atoms. The zero-order chi connectivity index (χ0) is 15.6. The molecular weight excluding hydrogens is 281 g/mol. The SMILES string of the molecule is CC1CN(C(C#N)c2ccccc2C(F)(F)F)CC(C)O1. The van der Waals surface area contributed by atoms with E-state index < -0.39 is 17.8 Å². The van der Waals surface area contributed by atoms with Crippen molar-refractivity contribution in [2.24, 2.45) is 0 Å². The number of halogens is 3. The van der Waals surface area contributed by atoms with Gasteiger partial charge >= 0.3 is 6.18 Å². The Morgan fingerprint density at radius 3 is 2.33 bits per heavy atom. The third-order valence-electron chi connectivity index (χ3n) is 3.50. The minimum atomic E-state index is -4.46. The van der Waals surface area contributed by atoms with Crippen molar-refractivity contribution in [1.82, 2.24) is 4.90 Å². The highest BCUT2D eigenvalue weighted by Gasteiger charge is 2.37. The molecule has 3 nitrogen and oxygen atoms in total. The van der Waals surface area contributed by atoms with Crippen LogP contribution in [0.25, 0.3) is 0 Å². The minimum absolute atomic E-state index is 0.00815. The first kappa shape index (κ1) is 15.8. The molecule has 1 aromatic rings. The third-order valence-corrected chi connectivity index (χ3v) is 3.50. The number of alkyl halides is 3. The summed E-state index contributed by atoms with van der Waals surface area (Å²) in [5.41, 5.74) is -0.739. The van der Waals surface area contributed by atoms with E-state index in [4.69, 9.17) is 4.74 Å². The second kappa shape index (κ2) is 6.04. The molecule has 0 saturated carbocycles. The Morgan fingerprint density at radius 2 is 1.81 bits per heavy atom. The van der Waals surface area contributed by atoms with E-state index in [-0.39, 0.29) is 17.8 Å². The van der Waals surface area contributed by atoms with Gasteiger partial charge in [0, 0.05) is 13.1 Å². The molecule has 0 amide bonds. The molecule has 0 aliphatic carbocycles. The Bertz CT molecular complexity index is 528. The summed E-state index contributed by atoms with van der Waals surface area (Å²) in [5, 5.41) is 9.39. The lowest BCUT2D eigenvalue weighted by atomic mass is 9.98. The van der Waals surface area contributed by atoms with Crippen molar-refractivity contribution in [2.45, 2.75) is 38.3 Å². The molecule has 1 heterocycles. The van der Waals surface area contributed by atoms with Crippen molar-refractivity contribution < 1.29 is 17.9 Å². The molecule has 1 fully saturated rings. The molecule has 3 atom stereocenters. The predicted molar refractivity (Wildman–Crippen MR) is 71.4 cm³/mol. The van der Waals surface area contributed by atoms with E-state index in [1.54, 1.807) is 4.90 Å². The predicted octanol–water partition coefficient (Wildman–Crippen LogP) is 3.38. The highest BCUT2D eigenvalue weighted by Crippen LogP contribution is 2.36. The molecule has 1 aromatic carbocycles. The van der Waals surface area contributed by atoms with E-state index in [0.29, 0.717) is 13.1 Å². The van der Waals surface area contributed by atoms with Gasteiger partial charge in [-0.25, -0.2) is 0 Å². The summed E-state index contributed by atoms with van der Waals surface area (Å²) in [4.78, 5) is 1.75. The first-order valence-corrected chi connectivity index (χ1v) is 6.78. The molecule has 114 valence electrons. The van der Waals surface area contributed by atoms with Gasteiger partial charge in [-0.3, -0.25) is 4.90 Å². The average Bonchev–Trinajstić information content (AvgIpc) is 2.38. The van der Waals surface area contributed by atoms with Gasteiger partial charge in [0.15, 0.2) is 0 Å². The van der Waals surface area contributed by atoms with Crippen molar-refractivity contribution in [3.05, 3.63) is 35.4 Å². The Morgan fingerprint density at radius 1 is 1.24 bits per heavy atom. The number of benzene rings is 1. The number of nitrogens with zero attached hydrogens (tertiary/aromatic N) is 2. The monoisotopic (exact) mass is 298 g/mol. The topological polar surface area (TPSA) is 36.3 Å². The fraction of sp³-hybridized carbons (Fsp3) is 0.533. The normalized spacial score (nSPS) is 25.3. The summed E-state index contributed by atoms with van der Waals surface area (Å²) < 4.78 is 44.9. The van der Waals surface area contributed by atoms with Crippen LogP contribution < -0.4 is 0 Å². The Labute approximate surface area is 121 Å². The summed E-state index contributed by atoms with van der Waals surface area (Å²) in [6.07, 6.45) is -4.68. The van der Waals surface area contributed by atoms with Crippen molar-refractivity contribution in [3.63, 3.8) is 0 Å². The minimum Gasteiger partial charge on any atom is -0.373 e. The van der Waals surface area contributed by atoms with Gasteiger partial charge in [0.2, 0.25) is 0 Å². The zero-order valence-corrected chi connectivity index (χ0v) is 11.9. The van der Waals surface area contributed by atoms with Gasteiger partial charge in [0.1, 0.15) is 6.04 Å². The smallest absolute Gasteiger partial charge is 0.373 e. The van der Waals surface area contributed by atoms with Gasteiger partial charge in [0.05, 0.1) is 23.8 Å². The molecule has 0 radical (unpaired) electrons. The van der Waals surface area contributed by atoms with E-state index in [1.807, 2.05) is 19.9 Å². The third kappa shape index (κ3) is 3.55. The van der Waals surface area contributed by atoms with E-state index in [1.165, 1.54) is 18.2 Å². The lowest BCUT2D eigenvalue weighted by Gasteiger charge is -2.38. The summed E-state index contributed by atoms with van der Waals surface area (Å²) in [7, 11) is 0. The van der Waals surface area contributed by atoms with Crippen molar-refractivity contribution in [1.29, 1.82) is 5.26 Å². The van der Waals surface area contributed by atoms with Crippen LogP contribution in [-0.4, -0.2) is 30.2 Å². The number of rotatable bonds is 2. The standard InChI is InChI=1S/C15H17F3N2O/c1-10-8-20(9-11(2)21-10)14(7-19)12-5-3-4-6-13(12)15(16,17)18/h3-6,10-11,14H,8-9H2,1-2H3. The number of hydrogen-bond donors (Lipinski definition) is 0. The molecule has 1 aliphatic heterocycles. The molecule has 1 saturated heterocycles. The van der Waals surface area contributed by atoms with Gasteiger partial charge in [-0.1, -0.05) is 18.2 Å². The van der Waals surface area contributed by atoms with Gasteiger partial charge < -0.3 is 4.74 Å². The highest BCUT2D eigenvalue weighted by atomic mass is 19.4. The molecule has 0 aromatic heterocycles. The van der Waals surface area contributed by atoms with Crippen LogP contribution in [0.5, 0.6) is 0 Å². The van der Waals surface area contributed by atoms with Crippen molar-refractivity contribution in [2.75, 3.05) is 13.1 Å². The summed E-state index contributed by atoms with van der Waals surface area (Å²) in [6.45, 7) is 4.59. The van der Waals surface area contributed by atoms with Crippen LogP contribution in [0.2, 0.25) is 0 Å². The van der Waals surface area contributed by atoms with Crippen LogP contribution >= 0.6 is 0 Å².